The maximum atomic E-state index is 14.0. The molecule has 7 heteroatoms. The van der Waals surface area contributed by atoms with Crippen molar-refractivity contribution in [2.24, 2.45) is 0 Å². The number of fused-ring (bicyclic) bond motifs is 1. The number of benzene rings is 2. The SMILES string of the molecule is O=C(O)c1ccc2c(c1)N(Cc1c(F)cccc1Cl)C(=O)CO2. The zero-order chi connectivity index (χ0) is 16.6. The van der Waals surface area contributed by atoms with Crippen LogP contribution in [0.2, 0.25) is 5.02 Å². The van der Waals surface area contributed by atoms with E-state index in [9.17, 15) is 14.0 Å². The van der Waals surface area contributed by atoms with E-state index in [1.807, 2.05) is 0 Å². The maximum Gasteiger partial charge on any atom is 0.335 e. The first-order valence-corrected chi connectivity index (χ1v) is 7.08. The molecule has 2 aromatic rings. The van der Waals surface area contributed by atoms with E-state index in [2.05, 4.69) is 0 Å². The van der Waals surface area contributed by atoms with Gasteiger partial charge in [-0.2, -0.15) is 0 Å². The summed E-state index contributed by atoms with van der Waals surface area (Å²) in [5.41, 5.74) is 0.447. The highest BCUT2D eigenvalue weighted by molar-refractivity contribution is 6.31. The first kappa shape index (κ1) is 15.3. The Kier molecular flexibility index (Phi) is 3.92. The van der Waals surface area contributed by atoms with E-state index >= 15 is 0 Å². The molecule has 0 fully saturated rings. The molecule has 0 saturated heterocycles. The molecule has 0 aliphatic carbocycles. The second kappa shape index (κ2) is 5.89. The number of hydrogen-bond donors (Lipinski definition) is 1. The number of nitrogens with zero attached hydrogens (tertiary/aromatic N) is 1. The number of hydrogen-bond acceptors (Lipinski definition) is 3. The predicted molar refractivity (Wildman–Crippen MR) is 81.5 cm³/mol. The van der Waals surface area contributed by atoms with Crippen molar-refractivity contribution in [3.8, 4) is 5.75 Å². The lowest BCUT2D eigenvalue weighted by Gasteiger charge is -2.30. The molecule has 2 aromatic carbocycles. The molecule has 0 radical (unpaired) electrons. The van der Waals surface area contributed by atoms with Crippen molar-refractivity contribution >= 4 is 29.2 Å². The number of aromatic carboxylic acids is 1. The van der Waals surface area contributed by atoms with Gasteiger partial charge in [-0.15, -0.1) is 0 Å². The van der Waals surface area contributed by atoms with E-state index in [1.54, 1.807) is 0 Å². The highest BCUT2D eigenvalue weighted by Gasteiger charge is 2.28. The molecule has 0 spiro atoms. The van der Waals surface area contributed by atoms with Gasteiger partial charge in [0.05, 0.1) is 17.8 Å². The number of rotatable bonds is 3. The van der Waals surface area contributed by atoms with E-state index < -0.39 is 17.7 Å². The molecule has 3 rings (SSSR count). The summed E-state index contributed by atoms with van der Waals surface area (Å²) in [5.74, 6) is -1.70. The zero-order valence-electron chi connectivity index (χ0n) is 11.8. The zero-order valence-corrected chi connectivity index (χ0v) is 12.5. The van der Waals surface area contributed by atoms with Gasteiger partial charge in [0.15, 0.2) is 6.61 Å². The lowest BCUT2D eigenvalue weighted by atomic mass is 10.1. The summed E-state index contributed by atoms with van der Waals surface area (Å²) in [6.07, 6.45) is 0. The third-order valence-corrected chi connectivity index (χ3v) is 3.88. The van der Waals surface area contributed by atoms with Crippen molar-refractivity contribution in [2.75, 3.05) is 11.5 Å². The molecular weight excluding hydrogens is 325 g/mol. The van der Waals surface area contributed by atoms with Crippen LogP contribution in [0.5, 0.6) is 5.75 Å². The van der Waals surface area contributed by atoms with Crippen molar-refractivity contribution in [1.29, 1.82) is 0 Å². The van der Waals surface area contributed by atoms with E-state index in [-0.39, 0.29) is 35.0 Å². The number of amides is 1. The number of carbonyl (C=O) groups is 2. The molecule has 0 atom stereocenters. The van der Waals surface area contributed by atoms with E-state index in [0.29, 0.717) is 5.75 Å². The Morgan fingerprint density at radius 2 is 2.13 bits per heavy atom. The summed E-state index contributed by atoms with van der Waals surface area (Å²) >= 11 is 6.00. The standard InChI is InChI=1S/C16H11ClFNO4/c17-11-2-1-3-12(18)10(11)7-19-13-6-9(16(21)22)4-5-14(13)23-8-15(19)20/h1-6H,7-8H2,(H,21,22). The summed E-state index contributed by atoms with van der Waals surface area (Å²) in [6.45, 7) is -0.310. The molecule has 1 heterocycles. The van der Waals surface area contributed by atoms with Crippen LogP contribution in [-0.4, -0.2) is 23.6 Å². The first-order chi connectivity index (χ1) is 11.0. The van der Waals surface area contributed by atoms with Crippen LogP contribution in [0.15, 0.2) is 36.4 Å². The fraction of sp³-hybridized carbons (Fsp3) is 0.125. The van der Waals surface area contributed by atoms with Gasteiger partial charge in [0, 0.05) is 10.6 Å². The van der Waals surface area contributed by atoms with Crippen LogP contribution in [0.3, 0.4) is 0 Å². The Morgan fingerprint density at radius 3 is 2.83 bits per heavy atom. The lowest BCUT2D eigenvalue weighted by molar-refractivity contribution is -0.121. The number of ether oxygens (including phenoxy) is 1. The van der Waals surface area contributed by atoms with E-state index in [1.165, 1.54) is 41.3 Å². The molecule has 1 aliphatic heterocycles. The van der Waals surface area contributed by atoms with Gasteiger partial charge in [0.25, 0.3) is 5.91 Å². The number of halogens is 2. The van der Waals surface area contributed by atoms with E-state index in [0.717, 1.165) is 0 Å². The third kappa shape index (κ3) is 2.85. The molecule has 0 unspecified atom stereocenters. The Labute approximate surface area is 135 Å². The summed E-state index contributed by atoms with van der Waals surface area (Å²) in [6, 6.07) is 8.43. The lowest BCUT2D eigenvalue weighted by Crippen LogP contribution is -2.38. The summed E-state index contributed by atoms with van der Waals surface area (Å²) in [7, 11) is 0. The van der Waals surface area contributed by atoms with Crippen LogP contribution in [-0.2, 0) is 11.3 Å². The molecule has 1 aliphatic rings. The summed E-state index contributed by atoms with van der Waals surface area (Å²) in [5, 5.41) is 9.29. The molecule has 5 nitrogen and oxygen atoms in total. The largest absolute Gasteiger partial charge is 0.482 e. The molecule has 0 bridgehead atoms. The minimum atomic E-state index is -1.13. The number of carboxylic acid groups (broad SMARTS) is 1. The van der Waals surface area contributed by atoms with Crippen molar-refractivity contribution in [1.82, 2.24) is 0 Å². The first-order valence-electron chi connectivity index (χ1n) is 6.71. The van der Waals surface area contributed by atoms with Gasteiger partial charge < -0.3 is 14.7 Å². The second-order valence-corrected chi connectivity index (χ2v) is 5.36. The van der Waals surface area contributed by atoms with Crippen LogP contribution in [0.1, 0.15) is 15.9 Å². The Balaban J connectivity index is 2.04. The van der Waals surface area contributed by atoms with Gasteiger partial charge in [-0.05, 0) is 30.3 Å². The van der Waals surface area contributed by atoms with Gasteiger partial charge in [-0.25, -0.2) is 9.18 Å². The van der Waals surface area contributed by atoms with Crippen LogP contribution in [0.25, 0.3) is 0 Å². The number of carboxylic acids is 1. The second-order valence-electron chi connectivity index (χ2n) is 4.96. The maximum absolute atomic E-state index is 14.0. The fourth-order valence-corrected chi connectivity index (χ4v) is 2.57. The van der Waals surface area contributed by atoms with Crippen LogP contribution >= 0.6 is 11.6 Å². The minimum Gasteiger partial charge on any atom is -0.482 e. The van der Waals surface area contributed by atoms with Crippen LogP contribution < -0.4 is 9.64 Å². The number of carbonyl (C=O) groups excluding carboxylic acids is 1. The Hall–Kier alpha value is -2.60. The molecule has 118 valence electrons. The highest BCUT2D eigenvalue weighted by Crippen LogP contribution is 2.35. The average Bonchev–Trinajstić information content (AvgIpc) is 2.52. The van der Waals surface area contributed by atoms with Crippen molar-refractivity contribution in [3.63, 3.8) is 0 Å². The molecular formula is C16H11ClFNO4. The average molecular weight is 336 g/mol. The Morgan fingerprint density at radius 1 is 1.35 bits per heavy atom. The monoisotopic (exact) mass is 335 g/mol. The smallest absolute Gasteiger partial charge is 0.335 e. The molecule has 23 heavy (non-hydrogen) atoms. The predicted octanol–water partition coefficient (Wildman–Crippen LogP) is 3.10. The summed E-state index contributed by atoms with van der Waals surface area (Å²) < 4.78 is 19.3. The van der Waals surface area contributed by atoms with Gasteiger partial charge in [0.2, 0.25) is 0 Å². The third-order valence-electron chi connectivity index (χ3n) is 3.53. The van der Waals surface area contributed by atoms with Crippen molar-refractivity contribution in [3.05, 3.63) is 58.4 Å². The van der Waals surface area contributed by atoms with Gasteiger partial charge in [-0.1, -0.05) is 17.7 Å². The topological polar surface area (TPSA) is 66.8 Å². The molecule has 1 N–H and O–H groups in total. The van der Waals surface area contributed by atoms with Gasteiger partial charge >= 0.3 is 5.97 Å². The normalized spacial score (nSPS) is 13.5. The van der Waals surface area contributed by atoms with Crippen LogP contribution in [0.4, 0.5) is 10.1 Å². The van der Waals surface area contributed by atoms with Crippen molar-refractivity contribution in [2.45, 2.75) is 6.54 Å². The van der Waals surface area contributed by atoms with Gasteiger partial charge in [-0.3, -0.25) is 4.79 Å². The van der Waals surface area contributed by atoms with E-state index in [4.69, 9.17) is 21.4 Å². The van der Waals surface area contributed by atoms with Gasteiger partial charge in [0.1, 0.15) is 11.6 Å². The Bertz CT molecular complexity index is 788. The fourth-order valence-electron chi connectivity index (χ4n) is 2.35. The van der Waals surface area contributed by atoms with Crippen molar-refractivity contribution < 1.29 is 23.8 Å². The minimum absolute atomic E-state index is 0.00619. The molecule has 0 saturated carbocycles. The van der Waals surface area contributed by atoms with Crippen LogP contribution in [0, 0.1) is 5.82 Å². The highest BCUT2D eigenvalue weighted by atomic mass is 35.5. The summed E-state index contributed by atoms with van der Waals surface area (Å²) in [4.78, 5) is 24.5. The molecule has 1 amide bonds. The molecule has 0 aromatic heterocycles. The number of anilines is 1. The quantitative estimate of drug-likeness (QED) is 0.936.